The third-order valence-electron chi connectivity index (χ3n) is 4.15. The molecule has 0 spiro atoms. The highest BCUT2D eigenvalue weighted by Crippen LogP contribution is 2.34. The zero-order valence-corrected chi connectivity index (χ0v) is 14.5. The second kappa shape index (κ2) is 5.63. The van der Waals surface area contributed by atoms with E-state index in [0.717, 1.165) is 27.9 Å². The first-order valence-electron chi connectivity index (χ1n) is 7.69. The molecule has 0 unspecified atom stereocenters. The molecule has 6 nitrogen and oxygen atoms in total. The lowest BCUT2D eigenvalue weighted by Gasteiger charge is -2.15. The number of carboxylic acid groups (broad SMARTS) is 1. The fourth-order valence-corrected chi connectivity index (χ4v) is 3.04. The van der Waals surface area contributed by atoms with Gasteiger partial charge < -0.3 is 10.0 Å². The molecule has 2 heterocycles. The van der Waals surface area contributed by atoms with Gasteiger partial charge in [-0.05, 0) is 37.5 Å². The first-order chi connectivity index (χ1) is 11.3. The molecular formula is C18H20N4O2. The van der Waals surface area contributed by atoms with Gasteiger partial charge in [-0.15, -0.1) is 0 Å². The lowest BCUT2D eigenvalue weighted by Crippen LogP contribution is -2.16. The number of aryl methyl sites for hydroxylation is 3. The maximum Gasteiger partial charge on any atom is 0.354 e. The summed E-state index contributed by atoms with van der Waals surface area (Å²) in [7, 11) is 3.71. The van der Waals surface area contributed by atoms with Gasteiger partial charge in [0, 0.05) is 20.2 Å². The summed E-state index contributed by atoms with van der Waals surface area (Å²) in [6.07, 6.45) is 0. The number of benzene rings is 1. The van der Waals surface area contributed by atoms with Crippen molar-refractivity contribution in [2.45, 2.75) is 20.8 Å². The molecule has 0 fully saturated rings. The van der Waals surface area contributed by atoms with Crippen LogP contribution in [-0.2, 0) is 0 Å². The van der Waals surface area contributed by atoms with E-state index in [-0.39, 0.29) is 5.69 Å². The molecule has 24 heavy (non-hydrogen) atoms. The molecule has 0 saturated carbocycles. The van der Waals surface area contributed by atoms with Gasteiger partial charge in [-0.3, -0.25) is 0 Å². The maximum absolute atomic E-state index is 11.5. The zero-order valence-electron chi connectivity index (χ0n) is 14.5. The van der Waals surface area contributed by atoms with Crippen LogP contribution in [0.1, 0.15) is 27.3 Å². The van der Waals surface area contributed by atoms with E-state index < -0.39 is 5.97 Å². The van der Waals surface area contributed by atoms with Crippen molar-refractivity contribution in [3.05, 3.63) is 46.8 Å². The van der Waals surface area contributed by atoms with E-state index >= 15 is 0 Å². The van der Waals surface area contributed by atoms with E-state index in [9.17, 15) is 9.90 Å². The Morgan fingerprint density at radius 3 is 2.29 bits per heavy atom. The molecular weight excluding hydrogens is 304 g/mol. The smallest absolute Gasteiger partial charge is 0.354 e. The van der Waals surface area contributed by atoms with Crippen molar-refractivity contribution in [1.29, 1.82) is 0 Å². The van der Waals surface area contributed by atoms with E-state index in [1.54, 1.807) is 4.52 Å². The Hall–Kier alpha value is -2.89. The number of fused-ring (bicyclic) bond motifs is 1. The van der Waals surface area contributed by atoms with Crippen LogP contribution < -0.4 is 4.90 Å². The maximum atomic E-state index is 11.5. The van der Waals surface area contributed by atoms with Crippen LogP contribution in [-0.4, -0.2) is 39.8 Å². The van der Waals surface area contributed by atoms with Crippen LogP contribution in [0.15, 0.2) is 24.3 Å². The molecule has 0 aliphatic carbocycles. The van der Waals surface area contributed by atoms with E-state index in [4.69, 9.17) is 0 Å². The molecule has 6 heteroatoms. The Labute approximate surface area is 140 Å². The summed E-state index contributed by atoms with van der Waals surface area (Å²) in [5.41, 5.74) is 5.57. The largest absolute Gasteiger partial charge is 0.477 e. The highest BCUT2D eigenvalue weighted by atomic mass is 16.4. The number of aromatic nitrogens is 3. The molecule has 1 N–H and O–H groups in total. The standard InChI is InChI=1S/C18H20N4O2/c1-10-7-6-8-11(2)15(10)16-12(3)20-22-14(21(4)5)9-13(18(23)24)19-17(16)22/h6-9H,1-5H3,(H,23,24). The number of nitrogens with zero attached hydrogens (tertiary/aromatic N) is 4. The first-order valence-corrected chi connectivity index (χ1v) is 7.69. The Bertz CT molecular complexity index is 937. The van der Waals surface area contributed by atoms with Gasteiger partial charge in [-0.25, -0.2) is 9.78 Å². The van der Waals surface area contributed by atoms with Gasteiger partial charge in [0.1, 0.15) is 5.82 Å². The summed E-state index contributed by atoms with van der Waals surface area (Å²) in [5, 5.41) is 14.0. The van der Waals surface area contributed by atoms with E-state index in [2.05, 4.69) is 10.1 Å². The summed E-state index contributed by atoms with van der Waals surface area (Å²) in [6, 6.07) is 7.63. The number of hydrogen-bond acceptors (Lipinski definition) is 4. The normalized spacial score (nSPS) is 11.0. The molecule has 0 aliphatic rings. The van der Waals surface area contributed by atoms with Crippen molar-refractivity contribution in [1.82, 2.24) is 14.6 Å². The predicted molar refractivity (Wildman–Crippen MR) is 93.9 cm³/mol. The Morgan fingerprint density at radius 1 is 1.12 bits per heavy atom. The predicted octanol–water partition coefficient (Wildman–Crippen LogP) is 3.09. The Balaban J connectivity index is 2.46. The molecule has 0 radical (unpaired) electrons. The van der Waals surface area contributed by atoms with Gasteiger partial charge in [-0.1, -0.05) is 18.2 Å². The number of rotatable bonds is 3. The summed E-state index contributed by atoms with van der Waals surface area (Å²) in [5.74, 6) is -0.370. The molecule has 0 bridgehead atoms. The van der Waals surface area contributed by atoms with Crippen molar-refractivity contribution in [2.75, 3.05) is 19.0 Å². The third-order valence-corrected chi connectivity index (χ3v) is 4.15. The van der Waals surface area contributed by atoms with Crippen LogP contribution in [0.5, 0.6) is 0 Å². The fourth-order valence-electron chi connectivity index (χ4n) is 3.04. The minimum absolute atomic E-state index is 0.0126. The first kappa shape index (κ1) is 16.0. The van der Waals surface area contributed by atoms with E-state index in [0.29, 0.717) is 11.5 Å². The van der Waals surface area contributed by atoms with Crippen molar-refractivity contribution in [3.63, 3.8) is 0 Å². The minimum atomic E-state index is -1.05. The monoisotopic (exact) mass is 324 g/mol. The van der Waals surface area contributed by atoms with Crippen molar-refractivity contribution >= 4 is 17.4 Å². The topological polar surface area (TPSA) is 70.7 Å². The van der Waals surface area contributed by atoms with Crippen LogP contribution in [0, 0.1) is 20.8 Å². The van der Waals surface area contributed by atoms with Crippen molar-refractivity contribution < 1.29 is 9.90 Å². The molecule has 3 rings (SSSR count). The zero-order chi connectivity index (χ0) is 17.6. The highest BCUT2D eigenvalue weighted by Gasteiger charge is 2.21. The highest BCUT2D eigenvalue weighted by molar-refractivity contribution is 5.90. The van der Waals surface area contributed by atoms with E-state index in [1.807, 2.05) is 58.0 Å². The molecule has 0 aliphatic heterocycles. The molecule has 3 aromatic rings. The average molecular weight is 324 g/mol. The summed E-state index contributed by atoms with van der Waals surface area (Å²) < 4.78 is 1.71. The summed E-state index contributed by atoms with van der Waals surface area (Å²) >= 11 is 0. The quantitative estimate of drug-likeness (QED) is 0.801. The van der Waals surface area contributed by atoms with Gasteiger partial charge in [0.15, 0.2) is 11.3 Å². The van der Waals surface area contributed by atoms with Crippen LogP contribution in [0.3, 0.4) is 0 Å². The van der Waals surface area contributed by atoms with Crippen LogP contribution in [0.2, 0.25) is 0 Å². The van der Waals surface area contributed by atoms with Crippen molar-refractivity contribution in [2.24, 2.45) is 0 Å². The van der Waals surface area contributed by atoms with E-state index in [1.165, 1.54) is 6.07 Å². The number of carboxylic acids is 1. The van der Waals surface area contributed by atoms with Crippen molar-refractivity contribution in [3.8, 4) is 11.1 Å². The second-order valence-electron chi connectivity index (χ2n) is 6.16. The second-order valence-corrected chi connectivity index (χ2v) is 6.16. The number of anilines is 1. The van der Waals surface area contributed by atoms with Crippen LogP contribution in [0.4, 0.5) is 5.82 Å². The summed E-state index contributed by atoms with van der Waals surface area (Å²) in [6.45, 7) is 6.01. The number of aromatic carboxylic acids is 1. The molecule has 0 atom stereocenters. The molecule has 2 aromatic heterocycles. The third kappa shape index (κ3) is 2.40. The Morgan fingerprint density at radius 2 is 1.75 bits per heavy atom. The Kier molecular flexibility index (Phi) is 3.75. The molecule has 1 aromatic carbocycles. The lowest BCUT2D eigenvalue weighted by molar-refractivity contribution is 0.0690. The number of carbonyl (C=O) groups is 1. The van der Waals surface area contributed by atoms with Gasteiger partial charge in [0.05, 0.1) is 11.3 Å². The van der Waals surface area contributed by atoms with Crippen LogP contribution >= 0.6 is 0 Å². The average Bonchev–Trinajstić information content (AvgIpc) is 2.82. The van der Waals surface area contributed by atoms with Gasteiger partial charge in [0.2, 0.25) is 0 Å². The van der Waals surface area contributed by atoms with Gasteiger partial charge in [-0.2, -0.15) is 9.61 Å². The fraction of sp³-hybridized carbons (Fsp3) is 0.278. The minimum Gasteiger partial charge on any atom is -0.477 e. The summed E-state index contributed by atoms with van der Waals surface area (Å²) in [4.78, 5) is 17.7. The lowest BCUT2D eigenvalue weighted by atomic mass is 9.96. The van der Waals surface area contributed by atoms with Gasteiger partial charge >= 0.3 is 5.97 Å². The molecule has 0 saturated heterocycles. The van der Waals surface area contributed by atoms with Gasteiger partial charge in [0.25, 0.3) is 0 Å². The van der Waals surface area contributed by atoms with Crippen LogP contribution in [0.25, 0.3) is 16.8 Å². The number of hydrogen-bond donors (Lipinski definition) is 1. The molecule has 0 amide bonds. The molecule has 124 valence electrons. The SMILES string of the molecule is Cc1cccc(C)c1-c1c(C)nn2c(N(C)C)cc(C(=O)O)nc12.